The van der Waals surface area contributed by atoms with E-state index in [2.05, 4.69) is 12.6 Å². The second-order valence-electron chi connectivity index (χ2n) is 4.67. The van der Waals surface area contributed by atoms with Gasteiger partial charge in [0.1, 0.15) is 5.82 Å². The Kier molecular flexibility index (Phi) is 7.24. The van der Waals surface area contributed by atoms with E-state index in [0.717, 1.165) is 29.2 Å². The summed E-state index contributed by atoms with van der Waals surface area (Å²) >= 11 is 4.07. The van der Waals surface area contributed by atoms with Crippen molar-refractivity contribution in [2.75, 3.05) is 14.1 Å². The lowest BCUT2D eigenvalue weighted by atomic mass is 10.4. The lowest BCUT2D eigenvalue weighted by Crippen LogP contribution is -2.22. The largest absolute Gasteiger partial charge is 0.261 e. The average Bonchev–Trinajstić information content (AvgIpc) is 2.47. The predicted octanol–water partition coefficient (Wildman–Crippen LogP) is 2.98. The number of halogens is 2. The van der Waals surface area contributed by atoms with Crippen molar-refractivity contribution in [2.24, 2.45) is 0 Å². The van der Waals surface area contributed by atoms with Gasteiger partial charge < -0.3 is 0 Å². The van der Waals surface area contributed by atoms with E-state index in [1.807, 2.05) is 0 Å². The molecule has 0 atom stereocenters. The van der Waals surface area contributed by atoms with Crippen molar-refractivity contribution in [1.82, 2.24) is 4.31 Å². The molecule has 10 heteroatoms. The first-order chi connectivity index (χ1) is 10.9. The Bertz CT molecular complexity index is 881. The number of hydrogen-bond donors (Lipinski definition) is 1. The van der Waals surface area contributed by atoms with Crippen LogP contribution in [0.3, 0.4) is 0 Å². The first-order valence-corrected chi connectivity index (χ1v) is 10.6. The Labute approximate surface area is 150 Å². The average molecular weight is 412 g/mol. The first kappa shape index (κ1) is 20.9. The molecule has 0 heterocycles. The molecule has 2 aromatic rings. The molecule has 0 amide bonds. The van der Waals surface area contributed by atoms with Crippen LogP contribution in [0, 0.1) is 5.82 Å². The molecule has 0 aliphatic carbocycles. The second kappa shape index (κ2) is 8.30. The quantitative estimate of drug-likeness (QED) is 0.622. The van der Waals surface area contributed by atoms with Crippen molar-refractivity contribution < 1.29 is 21.2 Å². The van der Waals surface area contributed by atoms with Gasteiger partial charge in [0.15, 0.2) is 0 Å². The maximum atomic E-state index is 12.2. The molecule has 132 valence electrons. The van der Waals surface area contributed by atoms with Crippen LogP contribution >= 0.6 is 23.3 Å². The van der Waals surface area contributed by atoms with Gasteiger partial charge in [-0.25, -0.2) is 25.5 Å². The Balaban J connectivity index is 0.000000243. The third-order valence-corrected chi connectivity index (χ3v) is 6.21. The maximum absolute atomic E-state index is 12.2. The number of hydrogen-bond acceptors (Lipinski definition) is 5. The fourth-order valence-electron chi connectivity index (χ4n) is 1.43. The standard InChI is InChI=1S/C8H11NO2S2.C6H4ClFO2S/c1-9(2)13(10,11)8-5-3-7(12)4-6-8;7-11(9,10)6-3-1-5(8)2-4-6/h3-6,12H,1-2H3;1-4H. The zero-order valence-electron chi connectivity index (χ0n) is 12.7. The molecule has 0 spiro atoms. The third-order valence-electron chi connectivity index (χ3n) is 2.71. The highest BCUT2D eigenvalue weighted by Gasteiger charge is 2.15. The van der Waals surface area contributed by atoms with Crippen LogP contribution < -0.4 is 0 Å². The van der Waals surface area contributed by atoms with E-state index in [1.165, 1.54) is 30.5 Å². The number of sulfonamides is 1. The molecule has 0 bridgehead atoms. The first-order valence-electron chi connectivity index (χ1n) is 6.36. The minimum Gasteiger partial charge on any atom is -0.207 e. The monoisotopic (exact) mass is 411 g/mol. The van der Waals surface area contributed by atoms with E-state index < -0.39 is 24.9 Å². The Morgan fingerprint density at radius 2 is 1.29 bits per heavy atom. The van der Waals surface area contributed by atoms with Crippen molar-refractivity contribution >= 4 is 42.4 Å². The van der Waals surface area contributed by atoms with Crippen molar-refractivity contribution in [2.45, 2.75) is 14.7 Å². The molecule has 2 aromatic carbocycles. The van der Waals surface area contributed by atoms with Crippen molar-refractivity contribution in [1.29, 1.82) is 0 Å². The van der Waals surface area contributed by atoms with Gasteiger partial charge in [-0.3, -0.25) is 0 Å². The number of benzene rings is 2. The van der Waals surface area contributed by atoms with E-state index in [4.69, 9.17) is 10.7 Å². The third kappa shape index (κ3) is 6.06. The van der Waals surface area contributed by atoms with Crippen LogP contribution in [-0.4, -0.2) is 35.2 Å². The van der Waals surface area contributed by atoms with Gasteiger partial charge in [-0.1, -0.05) is 0 Å². The highest BCUT2D eigenvalue weighted by Crippen LogP contribution is 2.15. The van der Waals surface area contributed by atoms with Crippen LogP contribution in [-0.2, 0) is 19.1 Å². The summed E-state index contributed by atoms with van der Waals surface area (Å²) in [4.78, 5) is 0.938. The van der Waals surface area contributed by atoms with E-state index in [0.29, 0.717) is 0 Å². The molecule has 2 rings (SSSR count). The summed E-state index contributed by atoms with van der Waals surface area (Å²) in [7, 11) is 0.960. The molecule has 24 heavy (non-hydrogen) atoms. The number of rotatable bonds is 3. The van der Waals surface area contributed by atoms with E-state index in [9.17, 15) is 21.2 Å². The van der Waals surface area contributed by atoms with Crippen LogP contribution in [0.5, 0.6) is 0 Å². The summed E-state index contributed by atoms with van der Waals surface area (Å²) in [5, 5.41) is 0. The fraction of sp³-hybridized carbons (Fsp3) is 0.143. The van der Waals surface area contributed by atoms with Crippen LogP contribution in [0.2, 0.25) is 0 Å². The van der Waals surface area contributed by atoms with Crippen molar-refractivity contribution in [3.05, 3.63) is 54.3 Å². The number of thiol groups is 1. The van der Waals surface area contributed by atoms with E-state index in [1.54, 1.807) is 12.1 Å². The summed E-state index contributed by atoms with van der Waals surface area (Å²) in [6.45, 7) is 0. The van der Waals surface area contributed by atoms with Gasteiger partial charge in [0.2, 0.25) is 10.0 Å². The molecule has 0 N–H and O–H groups in total. The molecule has 0 aromatic heterocycles. The molecule has 0 aliphatic heterocycles. The van der Waals surface area contributed by atoms with Gasteiger partial charge in [0.05, 0.1) is 9.79 Å². The van der Waals surface area contributed by atoms with Gasteiger partial charge in [-0.2, -0.15) is 0 Å². The zero-order valence-corrected chi connectivity index (χ0v) is 16.0. The van der Waals surface area contributed by atoms with Gasteiger partial charge in [0.25, 0.3) is 9.05 Å². The Hall–Kier alpha value is -1.13. The second-order valence-corrected chi connectivity index (χ2v) is 9.91. The van der Waals surface area contributed by atoms with Crippen LogP contribution in [0.1, 0.15) is 0 Å². The molecule has 0 fully saturated rings. The summed E-state index contributed by atoms with van der Waals surface area (Å²) in [5.74, 6) is -0.492. The van der Waals surface area contributed by atoms with Gasteiger partial charge >= 0.3 is 0 Å². The SMILES string of the molecule is CN(C)S(=O)(=O)c1ccc(S)cc1.O=S(=O)(Cl)c1ccc(F)cc1. The molecule has 0 aliphatic rings. The Morgan fingerprint density at radius 1 is 0.875 bits per heavy atom. The van der Waals surface area contributed by atoms with Gasteiger partial charge in [-0.15, -0.1) is 12.6 Å². The highest BCUT2D eigenvalue weighted by atomic mass is 35.7. The fourth-order valence-corrected chi connectivity index (χ4v) is 3.25. The van der Waals surface area contributed by atoms with E-state index >= 15 is 0 Å². The molecule has 0 saturated carbocycles. The molecule has 0 radical (unpaired) electrons. The smallest absolute Gasteiger partial charge is 0.207 e. The van der Waals surface area contributed by atoms with Crippen LogP contribution in [0.25, 0.3) is 0 Å². The normalized spacial score (nSPS) is 11.8. The summed E-state index contributed by atoms with van der Waals surface area (Å²) in [6, 6.07) is 10.7. The maximum Gasteiger partial charge on any atom is 0.261 e. The zero-order chi connectivity index (χ0) is 18.5. The van der Waals surface area contributed by atoms with Gasteiger partial charge in [0, 0.05) is 29.7 Å². The Morgan fingerprint density at radius 3 is 1.67 bits per heavy atom. The summed E-state index contributed by atoms with van der Waals surface area (Å²) in [6.07, 6.45) is 0. The molecular weight excluding hydrogens is 397 g/mol. The molecule has 5 nitrogen and oxygen atoms in total. The molecular formula is C14H15ClFNO4S3. The van der Waals surface area contributed by atoms with Crippen molar-refractivity contribution in [3.63, 3.8) is 0 Å². The minimum atomic E-state index is -3.71. The van der Waals surface area contributed by atoms with E-state index in [-0.39, 0.29) is 9.79 Å². The molecule has 0 unspecified atom stereocenters. The summed E-state index contributed by atoms with van der Waals surface area (Å²) in [5.41, 5.74) is 0. The van der Waals surface area contributed by atoms with Crippen LogP contribution in [0.4, 0.5) is 4.39 Å². The summed E-state index contributed by atoms with van der Waals surface area (Å²) < 4.78 is 57.7. The predicted molar refractivity (Wildman–Crippen MR) is 94.0 cm³/mol. The van der Waals surface area contributed by atoms with Gasteiger partial charge in [-0.05, 0) is 48.5 Å². The lowest BCUT2D eigenvalue weighted by Gasteiger charge is -2.10. The molecule has 0 saturated heterocycles. The lowest BCUT2D eigenvalue weighted by molar-refractivity contribution is 0.520. The minimum absolute atomic E-state index is 0.0967. The topological polar surface area (TPSA) is 71.5 Å². The van der Waals surface area contributed by atoms with Crippen molar-refractivity contribution in [3.8, 4) is 0 Å². The van der Waals surface area contributed by atoms with Crippen LogP contribution in [0.15, 0.2) is 63.2 Å². The highest BCUT2D eigenvalue weighted by molar-refractivity contribution is 8.13. The number of nitrogens with zero attached hydrogens (tertiary/aromatic N) is 1.